The fraction of sp³-hybridized carbons (Fsp3) is 1.00. The zero-order valence-corrected chi connectivity index (χ0v) is 12.0. The highest BCUT2D eigenvalue weighted by molar-refractivity contribution is 7.82. The molecule has 2 atom stereocenters. The molecular formula is C14H29NS. The molecule has 0 bridgehead atoms. The van der Waals surface area contributed by atoms with Gasteiger partial charge in [-0.05, 0) is 25.7 Å². The quantitative estimate of drug-likeness (QED) is 0.668. The first kappa shape index (κ1) is 14.4. The van der Waals surface area contributed by atoms with Gasteiger partial charge in [-0.1, -0.05) is 52.4 Å². The van der Waals surface area contributed by atoms with Crippen molar-refractivity contribution in [1.29, 1.82) is 0 Å². The molecule has 1 rings (SSSR count). The monoisotopic (exact) mass is 243 g/mol. The molecule has 16 heavy (non-hydrogen) atoms. The van der Waals surface area contributed by atoms with E-state index < -0.39 is 0 Å². The van der Waals surface area contributed by atoms with E-state index in [0.29, 0.717) is 0 Å². The van der Waals surface area contributed by atoms with Gasteiger partial charge in [-0.3, -0.25) is 0 Å². The summed E-state index contributed by atoms with van der Waals surface area (Å²) in [5, 5.41) is 0. The molecule has 0 aromatic heterocycles. The van der Waals surface area contributed by atoms with Crippen LogP contribution >= 0.6 is 12.6 Å². The molecule has 96 valence electrons. The van der Waals surface area contributed by atoms with Crippen LogP contribution in [0.5, 0.6) is 0 Å². The Morgan fingerprint density at radius 3 is 2.19 bits per heavy atom. The van der Waals surface area contributed by atoms with Gasteiger partial charge < -0.3 is 5.73 Å². The van der Waals surface area contributed by atoms with Gasteiger partial charge >= 0.3 is 0 Å². The van der Waals surface area contributed by atoms with E-state index in [0.717, 1.165) is 6.42 Å². The lowest BCUT2D eigenvalue weighted by Gasteiger charge is -2.49. The maximum atomic E-state index is 6.69. The molecule has 0 radical (unpaired) electrons. The Morgan fingerprint density at radius 2 is 1.56 bits per heavy atom. The number of hydrogen-bond donors (Lipinski definition) is 2. The maximum Gasteiger partial charge on any atom is 0.0309 e. The Bertz CT molecular complexity index is 185. The number of rotatable bonds is 6. The summed E-state index contributed by atoms with van der Waals surface area (Å²) in [5.41, 5.74) is 6.69. The normalized spacial score (nSPS) is 35.2. The molecule has 0 amide bonds. The summed E-state index contributed by atoms with van der Waals surface area (Å²) in [6, 6.07) is 0. The minimum atomic E-state index is -0.000455. The highest BCUT2D eigenvalue weighted by Crippen LogP contribution is 2.46. The molecule has 0 aromatic carbocycles. The molecule has 1 aliphatic rings. The molecule has 2 N–H and O–H groups in total. The molecule has 0 aliphatic heterocycles. The van der Waals surface area contributed by atoms with E-state index in [1.54, 1.807) is 0 Å². The van der Waals surface area contributed by atoms with Crippen LogP contribution in [0.25, 0.3) is 0 Å². The summed E-state index contributed by atoms with van der Waals surface area (Å²) in [6.45, 7) is 4.50. The molecule has 0 aromatic rings. The summed E-state index contributed by atoms with van der Waals surface area (Å²) in [6.07, 6.45) is 12.4. The molecule has 0 saturated heterocycles. The van der Waals surface area contributed by atoms with Crippen LogP contribution in [0.3, 0.4) is 0 Å². The van der Waals surface area contributed by atoms with E-state index >= 15 is 0 Å². The molecule has 1 fully saturated rings. The van der Waals surface area contributed by atoms with Crippen molar-refractivity contribution in [3.63, 3.8) is 0 Å². The fourth-order valence-corrected chi connectivity index (χ4v) is 3.57. The second-order valence-corrected chi connectivity index (χ2v) is 6.46. The Balaban J connectivity index is 2.67. The highest BCUT2D eigenvalue weighted by atomic mass is 32.1. The lowest BCUT2D eigenvalue weighted by Crippen LogP contribution is -2.59. The third-order valence-electron chi connectivity index (χ3n) is 4.31. The van der Waals surface area contributed by atoms with Gasteiger partial charge in [0, 0.05) is 10.3 Å². The SMILES string of the molecule is CCCCC1(N)CCCCC1(S)CCCC. The van der Waals surface area contributed by atoms with Gasteiger partial charge in [0.25, 0.3) is 0 Å². The average Bonchev–Trinajstić information content (AvgIpc) is 2.28. The predicted molar refractivity (Wildman–Crippen MR) is 76.2 cm³/mol. The van der Waals surface area contributed by atoms with E-state index in [1.807, 2.05) is 0 Å². The fourth-order valence-electron chi connectivity index (χ4n) is 3.03. The number of thiol groups is 1. The highest BCUT2D eigenvalue weighted by Gasteiger charge is 2.46. The van der Waals surface area contributed by atoms with Crippen LogP contribution in [0, 0.1) is 0 Å². The zero-order chi connectivity index (χ0) is 12.1. The van der Waals surface area contributed by atoms with E-state index in [2.05, 4.69) is 13.8 Å². The van der Waals surface area contributed by atoms with Crippen molar-refractivity contribution in [1.82, 2.24) is 0 Å². The van der Waals surface area contributed by atoms with Crippen molar-refractivity contribution in [3.05, 3.63) is 0 Å². The number of unbranched alkanes of at least 4 members (excludes halogenated alkanes) is 2. The second kappa shape index (κ2) is 6.30. The molecule has 0 heterocycles. The van der Waals surface area contributed by atoms with Crippen LogP contribution in [0.15, 0.2) is 0 Å². The van der Waals surface area contributed by atoms with E-state index in [9.17, 15) is 0 Å². The predicted octanol–water partition coefficient (Wildman–Crippen LogP) is 4.31. The lowest BCUT2D eigenvalue weighted by atomic mass is 9.68. The van der Waals surface area contributed by atoms with E-state index in [4.69, 9.17) is 18.4 Å². The third kappa shape index (κ3) is 3.16. The van der Waals surface area contributed by atoms with Crippen LogP contribution < -0.4 is 5.73 Å². The first-order chi connectivity index (χ1) is 7.58. The number of hydrogen-bond acceptors (Lipinski definition) is 2. The minimum Gasteiger partial charge on any atom is -0.324 e. The molecule has 1 aliphatic carbocycles. The van der Waals surface area contributed by atoms with Crippen LogP contribution in [0.2, 0.25) is 0 Å². The van der Waals surface area contributed by atoms with Gasteiger partial charge in [-0.25, -0.2) is 0 Å². The summed E-state index contributed by atoms with van der Waals surface area (Å²) >= 11 is 5.01. The summed E-state index contributed by atoms with van der Waals surface area (Å²) in [4.78, 5) is 0. The van der Waals surface area contributed by atoms with Crippen molar-refractivity contribution in [2.75, 3.05) is 0 Å². The van der Waals surface area contributed by atoms with Gasteiger partial charge in [-0.15, -0.1) is 0 Å². The molecule has 2 unspecified atom stereocenters. The van der Waals surface area contributed by atoms with Crippen LogP contribution in [-0.2, 0) is 0 Å². The molecule has 1 nitrogen and oxygen atoms in total. The van der Waals surface area contributed by atoms with Gasteiger partial charge in [0.15, 0.2) is 0 Å². The van der Waals surface area contributed by atoms with Crippen molar-refractivity contribution in [2.45, 2.75) is 88.3 Å². The smallest absolute Gasteiger partial charge is 0.0309 e. The van der Waals surface area contributed by atoms with E-state index in [1.165, 1.54) is 57.8 Å². The van der Waals surface area contributed by atoms with Crippen LogP contribution in [-0.4, -0.2) is 10.3 Å². The zero-order valence-electron chi connectivity index (χ0n) is 11.1. The number of nitrogens with two attached hydrogens (primary N) is 1. The van der Waals surface area contributed by atoms with Gasteiger partial charge in [-0.2, -0.15) is 12.6 Å². The summed E-state index contributed by atoms with van der Waals surface area (Å²) in [5.74, 6) is 0. The largest absolute Gasteiger partial charge is 0.324 e. The average molecular weight is 243 g/mol. The Kier molecular flexibility index (Phi) is 5.66. The summed E-state index contributed by atoms with van der Waals surface area (Å²) in [7, 11) is 0. The molecule has 0 spiro atoms. The van der Waals surface area contributed by atoms with Gasteiger partial charge in [0.1, 0.15) is 0 Å². The van der Waals surface area contributed by atoms with Crippen molar-refractivity contribution >= 4 is 12.6 Å². The Hall–Kier alpha value is 0.310. The third-order valence-corrected chi connectivity index (χ3v) is 5.20. The van der Waals surface area contributed by atoms with E-state index in [-0.39, 0.29) is 10.3 Å². The van der Waals surface area contributed by atoms with Gasteiger partial charge in [0.05, 0.1) is 0 Å². The van der Waals surface area contributed by atoms with Crippen molar-refractivity contribution in [3.8, 4) is 0 Å². The first-order valence-corrected chi connectivity index (χ1v) is 7.54. The maximum absolute atomic E-state index is 6.69. The van der Waals surface area contributed by atoms with Crippen molar-refractivity contribution < 1.29 is 0 Å². The standard InChI is InChI=1S/C14H29NS/c1-3-5-9-13(15)10-7-8-12-14(13,16)11-6-4-2/h16H,3-12,15H2,1-2H3. The van der Waals surface area contributed by atoms with Crippen LogP contribution in [0.4, 0.5) is 0 Å². The molecular weight excluding hydrogens is 214 g/mol. The second-order valence-electron chi connectivity index (χ2n) is 5.60. The molecule has 1 saturated carbocycles. The first-order valence-electron chi connectivity index (χ1n) is 7.09. The topological polar surface area (TPSA) is 26.0 Å². The Labute approximate surface area is 107 Å². The van der Waals surface area contributed by atoms with Gasteiger partial charge in [0.2, 0.25) is 0 Å². The molecule has 2 heteroatoms. The van der Waals surface area contributed by atoms with Crippen LogP contribution in [0.1, 0.15) is 78.1 Å². The Morgan fingerprint density at radius 1 is 1.00 bits per heavy atom. The van der Waals surface area contributed by atoms with Crippen molar-refractivity contribution in [2.24, 2.45) is 5.73 Å². The minimum absolute atomic E-state index is 0.000455. The summed E-state index contributed by atoms with van der Waals surface area (Å²) < 4.78 is 0.108. The lowest BCUT2D eigenvalue weighted by molar-refractivity contribution is 0.193.